The van der Waals surface area contributed by atoms with Gasteiger partial charge in [0.1, 0.15) is 5.69 Å². The van der Waals surface area contributed by atoms with E-state index in [1.54, 1.807) is 31.3 Å². The number of aryl methyl sites for hydroxylation is 1. The monoisotopic (exact) mass is 328 g/mol. The fourth-order valence-corrected chi connectivity index (χ4v) is 2.06. The summed E-state index contributed by atoms with van der Waals surface area (Å²) < 4.78 is 4.95. The fourth-order valence-electron chi connectivity index (χ4n) is 2.06. The topological polar surface area (TPSA) is 98.5 Å². The van der Waals surface area contributed by atoms with Gasteiger partial charge in [0.15, 0.2) is 12.4 Å². The molecular weight excluding hydrogens is 312 g/mol. The molecule has 2 rings (SSSR count). The number of esters is 1. The number of ketones is 1. The molecule has 0 radical (unpaired) electrons. The Labute approximate surface area is 138 Å². The number of Topliss-reactive ketones (excluding diaryl/α,β-unsaturated/α-hetero) is 1. The highest BCUT2D eigenvalue weighted by Crippen LogP contribution is 2.25. The normalized spacial score (nSPS) is 10.1. The summed E-state index contributed by atoms with van der Waals surface area (Å²) in [6, 6.07) is 10.8. The van der Waals surface area contributed by atoms with Crippen molar-refractivity contribution in [3.63, 3.8) is 0 Å². The Morgan fingerprint density at radius 1 is 1.12 bits per heavy atom. The molecule has 0 aliphatic rings. The van der Waals surface area contributed by atoms with Crippen LogP contribution in [0.15, 0.2) is 42.5 Å². The molecular formula is C17H16N2O5. The molecule has 0 fully saturated rings. The minimum absolute atomic E-state index is 0.0115. The highest BCUT2D eigenvalue weighted by Gasteiger charge is 2.18. The number of nitrogens with zero attached hydrogens (tertiary/aromatic N) is 1. The van der Waals surface area contributed by atoms with Gasteiger partial charge in [-0.25, -0.2) is 4.79 Å². The fraction of sp³-hybridized carbons (Fsp3) is 0.176. The molecule has 7 heteroatoms. The summed E-state index contributed by atoms with van der Waals surface area (Å²) in [7, 11) is 1.54. The summed E-state index contributed by atoms with van der Waals surface area (Å²) >= 11 is 0. The minimum Gasteiger partial charge on any atom is -0.454 e. The van der Waals surface area contributed by atoms with Crippen LogP contribution in [0, 0.1) is 17.0 Å². The van der Waals surface area contributed by atoms with Crippen LogP contribution in [-0.4, -0.2) is 30.3 Å². The standard InChI is InChI=1S/C17H16N2O5/c1-11-3-5-12(6-4-11)16(20)10-24-17(21)13-7-8-14(18-2)15(9-13)19(22)23/h3-9,18H,10H2,1-2H3. The zero-order valence-electron chi connectivity index (χ0n) is 13.2. The first-order valence-electron chi connectivity index (χ1n) is 7.15. The number of carbonyl (C=O) groups is 2. The molecule has 7 nitrogen and oxygen atoms in total. The van der Waals surface area contributed by atoms with Gasteiger partial charge >= 0.3 is 5.97 Å². The maximum atomic E-state index is 12.0. The van der Waals surface area contributed by atoms with E-state index in [1.807, 2.05) is 6.92 Å². The third-order valence-electron chi connectivity index (χ3n) is 3.41. The summed E-state index contributed by atoms with van der Waals surface area (Å²) in [6.07, 6.45) is 0. The average molecular weight is 328 g/mol. The molecule has 0 spiro atoms. The maximum absolute atomic E-state index is 12.0. The highest BCUT2D eigenvalue weighted by atomic mass is 16.6. The Balaban J connectivity index is 2.07. The molecule has 0 aliphatic carbocycles. The van der Waals surface area contributed by atoms with Gasteiger partial charge in [-0.1, -0.05) is 29.8 Å². The summed E-state index contributed by atoms with van der Waals surface area (Å²) in [5.74, 6) is -1.13. The molecule has 0 aromatic heterocycles. The largest absolute Gasteiger partial charge is 0.454 e. The molecule has 1 N–H and O–H groups in total. The number of hydrogen-bond acceptors (Lipinski definition) is 6. The van der Waals surface area contributed by atoms with Gasteiger partial charge in [0.2, 0.25) is 0 Å². The number of carbonyl (C=O) groups excluding carboxylic acids is 2. The maximum Gasteiger partial charge on any atom is 0.338 e. The smallest absolute Gasteiger partial charge is 0.338 e. The molecule has 0 atom stereocenters. The second-order valence-corrected chi connectivity index (χ2v) is 5.10. The van der Waals surface area contributed by atoms with E-state index in [0.717, 1.165) is 11.6 Å². The average Bonchev–Trinajstić information content (AvgIpc) is 2.59. The van der Waals surface area contributed by atoms with Crippen LogP contribution in [0.1, 0.15) is 26.3 Å². The van der Waals surface area contributed by atoms with Gasteiger partial charge in [0, 0.05) is 18.7 Å². The van der Waals surface area contributed by atoms with Crippen molar-refractivity contribution in [3.05, 3.63) is 69.3 Å². The quantitative estimate of drug-likeness (QED) is 0.379. The van der Waals surface area contributed by atoms with Gasteiger partial charge < -0.3 is 10.1 Å². The zero-order chi connectivity index (χ0) is 17.7. The van der Waals surface area contributed by atoms with Gasteiger partial charge in [-0.15, -0.1) is 0 Å². The molecule has 0 heterocycles. The van der Waals surface area contributed by atoms with Crippen LogP contribution in [-0.2, 0) is 4.74 Å². The van der Waals surface area contributed by atoms with Gasteiger partial charge in [0.25, 0.3) is 5.69 Å². The van der Waals surface area contributed by atoms with Gasteiger partial charge in [-0.3, -0.25) is 14.9 Å². The second-order valence-electron chi connectivity index (χ2n) is 5.10. The molecule has 0 unspecified atom stereocenters. The highest BCUT2D eigenvalue weighted by molar-refractivity contribution is 5.99. The molecule has 0 saturated heterocycles. The van der Waals surface area contributed by atoms with Gasteiger partial charge in [-0.05, 0) is 19.1 Å². The van der Waals surface area contributed by atoms with Crippen molar-refractivity contribution in [2.24, 2.45) is 0 Å². The van der Waals surface area contributed by atoms with Crippen LogP contribution in [0.25, 0.3) is 0 Å². The zero-order valence-corrected chi connectivity index (χ0v) is 13.2. The van der Waals surface area contributed by atoms with E-state index in [1.165, 1.54) is 12.1 Å². The Bertz CT molecular complexity index is 784. The molecule has 0 aliphatic heterocycles. The van der Waals surface area contributed by atoms with E-state index in [0.29, 0.717) is 5.56 Å². The van der Waals surface area contributed by atoms with Crippen LogP contribution >= 0.6 is 0 Å². The lowest BCUT2D eigenvalue weighted by molar-refractivity contribution is -0.384. The second kappa shape index (κ2) is 7.36. The molecule has 124 valence electrons. The Kier molecular flexibility index (Phi) is 5.26. The van der Waals surface area contributed by atoms with E-state index in [-0.39, 0.29) is 22.7 Å². The van der Waals surface area contributed by atoms with Crippen molar-refractivity contribution in [1.29, 1.82) is 0 Å². The summed E-state index contributed by atoms with van der Waals surface area (Å²) in [6.45, 7) is 1.47. The minimum atomic E-state index is -0.791. The molecule has 0 bridgehead atoms. The van der Waals surface area contributed by atoms with Crippen LogP contribution in [0.5, 0.6) is 0 Å². The molecule has 0 amide bonds. The Hall–Kier alpha value is -3.22. The number of nitro benzene ring substituents is 1. The summed E-state index contributed by atoms with van der Waals surface area (Å²) in [5.41, 5.74) is 1.51. The Morgan fingerprint density at radius 3 is 2.33 bits per heavy atom. The number of nitrogens with one attached hydrogen (secondary N) is 1. The molecule has 2 aromatic carbocycles. The van der Waals surface area contributed by atoms with Crippen molar-refractivity contribution in [2.75, 3.05) is 19.0 Å². The van der Waals surface area contributed by atoms with E-state index in [2.05, 4.69) is 5.32 Å². The first-order chi connectivity index (χ1) is 11.4. The lowest BCUT2D eigenvalue weighted by Gasteiger charge is -2.06. The number of nitro groups is 1. The van der Waals surface area contributed by atoms with Crippen molar-refractivity contribution in [3.8, 4) is 0 Å². The van der Waals surface area contributed by atoms with E-state index < -0.39 is 17.5 Å². The van der Waals surface area contributed by atoms with Crippen molar-refractivity contribution < 1.29 is 19.2 Å². The predicted octanol–water partition coefficient (Wildman–Crippen LogP) is 2.98. The predicted molar refractivity (Wildman–Crippen MR) is 88.4 cm³/mol. The van der Waals surface area contributed by atoms with Gasteiger partial charge in [-0.2, -0.15) is 0 Å². The lowest BCUT2D eigenvalue weighted by atomic mass is 10.1. The number of rotatable bonds is 6. The van der Waals surface area contributed by atoms with Crippen LogP contribution < -0.4 is 5.32 Å². The van der Waals surface area contributed by atoms with Crippen molar-refractivity contribution in [2.45, 2.75) is 6.92 Å². The first kappa shape index (κ1) is 17.1. The Morgan fingerprint density at radius 2 is 1.75 bits per heavy atom. The SMILES string of the molecule is CNc1ccc(C(=O)OCC(=O)c2ccc(C)cc2)cc1[N+](=O)[O-]. The van der Waals surface area contributed by atoms with Crippen LogP contribution in [0.3, 0.4) is 0 Å². The van der Waals surface area contributed by atoms with Crippen LogP contribution in [0.4, 0.5) is 11.4 Å². The third kappa shape index (κ3) is 3.95. The first-order valence-corrected chi connectivity index (χ1v) is 7.15. The number of benzene rings is 2. The van der Waals surface area contributed by atoms with Crippen LogP contribution in [0.2, 0.25) is 0 Å². The molecule has 0 saturated carbocycles. The summed E-state index contributed by atoms with van der Waals surface area (Å²) in [4.78, 5) is 34.4. The van der Waals surface area contributed by atoms with Gasteiger partial charge in [0.05, 0.1) is 10.5 Å². The van der Waals surface area contributed by atoms with Crippen molar-refractivity contribution in [1.82, 2.24) is 0 Å². The number of ether oxygens (including phenoxy) is 1. The van der Waals surface area contributed by atoms with E-state index >= 15 is 0 Å². The molecule has 24 heavy (non-hydrogen) atoms. The number of anilines is 1. The van der Waals surface area contributed by atoms with Crippen molar-refractivity contribution >= 4 is 23.1 Å². The van der Waals surface area contributed by atoms with E-state index in [9.17, 15) is 19.7 Å². The summed E-state index contributed by atoms with van der Waals surface area (Å²) in [5, 5.41) is 13.7. The number of hydrogen-bond donors (Lipinski definition) is 1. The third-order valence-corrected chi connectivity index (χ3v) is 3.41. The lowest BCUT2D eigenvalue weighted by Crippen LogP contribution is -2.14. The molecule has 2 aromatic rings. The van der Waals surface area contributed by atoms with E-state index in [4.69, 9.17) is 4.74 Å².